The summed E-state index contributed by atoms with van der Waals surface area (Å²) in [6.07, 6.45) is 1.84. The van der Waals surface area contributed by atoms with Crippen LogP contribution in [0.2, 0.25) is 0 Å². The SMILES string of the molecule is CCC1CNCC1N1CC(=O)NC(=O)C1CC. The van der Waals surface area contributed by atoms with Crippen LogP contribution in [0.1, 0.15) is 26.7 Å². The zero-order valence-electron chi connectivity index (χ0n) is 10.5. The topological polar surface area (TPSA) is 61.4 Å². The predicted molar refractivity (Wildman–Crippen MR) is 64.4 cm³/mol. The van der Waals surface area contributed by atoms with Gasteiger partial charge in [0.25, 0.3) is 0 Å². The molecule has 0 radical (unpaired) electrons. The number of nitrogens with zero attached hydrogens (tertiary/aromatic N) is 1. The molecule has 0 aromatic heterocycles. The molecule has 3 atom stereocenters. The molecular formula is C12H21N3O2. The average molecular weight is 239 g/mol. The van der Waals surface area contributed by atoms with Gasteiger partial charge in [-0.25, -0.2) is 0 Å². The fourth-order valence-electron chi connectivity index (χ4n) is 2.98. The highest BCUT2D eigenvalue weighted by molar-refractivity contribution is 6.01. The van der Waals surface area contributed by atoms with Crippen molar-refractivity contribution in [3.63, 3.8) is 0 Å². The number of amides is 2. The molecule has 2 rings (SSSR count). The van der Waals surface area contributed by atoms with E-state index < -0.39 is 0 Å². The van der Waals surface area contributed by atoms with Crippen LogP contribution in [-0.2, 0) is 9.59 Å². The largest absolute Gasteiger partial charge is 0.315 e. The zero-order valence-corrected chi connectivity index (χ0v) is 10.5. The van der Waals surface area contributed by atoms with Crippen molar-refractivity contribution in [2.24, 2.45) is 5.92 Å². The Balaban J connectivity index is 2.15. The zero-order chi connectivity index (χ0) is 12.4. The van der Waals surface area contributed by atoms with E-state index in [0.29, 0.717) is 18.5 Å². The fourth-order valence-corrected chi connectivity index (χ4v) is 2.98. The van der Waals surface area contributed by atoms with Crippen molar-refractivity contribution in [1.82, 2.24) is 15.5 Å². The van der Waals surface area contributed by atoms with Crippen molar-refractivity contribution < 1.29 is 9.59 Å². The average Bonchev–Trinajstić information content (AvgIpc) is 2.75. The van der Waals surface area contributed by atoms with Crippen molar-refractivity contribution in [1.29, 1.82) is 0 Å². The molecule has 96 valence electrons. The third kappa shape index (κ3) is 2.35. The summed E-state index contributed by atoms with van der Waals surface area (Å²) in [5, 5.41) is 5.79. The smallest absolute Gasteiger partial charge is 0.243 e. The second-order valence-electron chi connectivity index (χ2n) is 4.90. The molecule has 2 N–H and O–H groups in total. The van der Waals surface area contributed by atoms with Crippen LogP contribution >= 0.6 is 0 Å². The Morgan fingerprint density at radius 3 is 2.65 bits per heavy atom. The third-order valence-corrected chi connectivity index (χ3v) is 3.93. The van der Waals surface area contributed by atoms with E-state index in [4.69, 9.17) is 0 Å². The summed E-state index contributed by atoms with van der Waals surface area (Å²) in [6, 6.07) is 0.173. The summed E-state index contributed by atoms with van der Waals surface area (Å²) in [5.74, 6) is 0.245. The van der Waals surface area contributed by atoms with E-state index in [-0.39, 0.29) is 17.9 Å². The quantitative estimate of drug-likeness (QED) is 0.665. The highest BCUT2D eigenvalue weighted by atomic mass is 16.2. The van der Waals surface area contributed by atoms with Crippen molar-refractivity contribution in [3.8, 4) is 0 Å². The van der Waals surface area contributed by atoms with Crippen LogP contribution in [-0.4, -0.2) is 48.4 Å². The molecule has 2 aliphatic rings. The van der Waals surface area contributed by atoms with Gasteiger partial charge in [-0.1, -0.05) is 20.3 Å². The minimum absolute atomic E-state index is 0.134. The van der Waals surface area contributed by atoms with Gasteiger partial charge in [0.1, 0.15) is 0 Å². The molecule has 2 aliphatic heterocycles. The van der Waals surface area contributed by atoms with Gasteiger partial charge in [-0.2, -0.15) is 0 Å². The molecule has 0 saturated carbocycles. The summed E-state index contributed by atoms with van der Waals surface area (Å²) in [4.78, 5) is 25.4. The van der Waals surface area contributed by atoms with Crippen LogP contribution in [0.25, 0.3) is 0 Å². The number of nitrogens with one attached hydrogen (secondary N) is 2. The first-order chi connectivity index (χ1) is 8.17. The molecular weight excluding hydrogens is 218 g/mol. The monoisotopic (exact) mass is 239 g/mol. The van der Waals surface area contributed by atoms with Crippen LogP contribution in [0.3, 0.4) is 0 Å². The van der Waals surface area contributed by atoms with Gasteiger partial charge >= 0.3 is 0 Å². The second kappa shape index (κ2) is 5.14. The van der Waals surface area contributed by atoms with E-state index >= 15 is 0 Å². The lowest BCUT2D eigenvalue weighted by Gasteiger charge is -2.39. The Hall–Kier alpha value is -0.940. The molecule has 2 saturated heterocycles. The minimum Gasteiger partial charge on any atom is -0.315 e. The van der Waals surface area contributed by atoms with E-state index in [0.717, 1.165) is 25.9 Å². The molecule has 0 aliphatic carbocycles. The lowest BCUT2D eigenvalue weighted by Crippen LogP contribution is -2.62. The number of hydrogen-bond acceptors (Lipinski definition) is 4. The highest BCUT2D eigenvalue weighted by Gasteiger charge is 2.40. The molecule has 17 heavy (non-hydrogen) atoms. The van der Waals surface area contributed by atoms with Crippen LogP contribution in [0.15, 0.2) is 0 Å². The van der Waals surface area contributed by atoms with Crippen molar-refractivity contribution >= 4 is 11.8 Å². The van der Waals surface area contributed by atoms with E-state index in [9.17, 15) is 9.59 Å². The predicted octanol–water partition coefficient (Wildman–Crippen LogP) is -0.279. The molecule has 0 spiro atoms. The molecule has 5 heteroatoms. The minimum atomic E-state index is -0.165. The number of piperazine rings is 1. The van der Waals surface area contributed by atoms with E-state index in [1.54, 1.807) is 0 Å². The van der Waals surface area contributed by atoms with Crippen molar-refractivity contribution in [2.45, 2.75) is 38.8 Å². The maximum Gasteiger partial charge on any atom is 0.243 e. The molecule has 0 aromatic carbocycles. The lowest BCUT2D eigenvalue weighted by molar-refractivity contribution is -0.142. The molecule has 5 nitrogen and oxygen atoms in total. The number of imide groups is 1. The highest BCUT2D eigenvalue weighted by Crippen LogP contribution is 2.23. The van der Waals surface area contributed by atoms with Gasteiger partial charge in [0.05, 0.1) is 12.6 Å². The Morgan fingerprint density at radius 2 is 2.00 bits per heavy atom. The Bertz CT molecular complexity index is 319. The van der Waals surface area contributed by atoms with E-state index in [2.05, 4.69) is 22.5 Å². The van der Waals surface area contributed by atoms with Gasteiger partial charge in [0.15, 0.2) is 0 Å². The Labute approximate surface area is 102 Å². The Kier molecular flexibility index (Phi) is 3.79. The number of carbonyl (C=O) groups is 2. The maximum atomic E-state index is 11.8. The molecule has 0 bridgehead atoms. The van der Waals surface area contributed by atoms with Crippen LogP contribution in [0.5, 0.6) is 0 Å². The van der Waals surface area contributed by atoms with Gasteiger partial charge < -0.3 is 5.32 Å². The molecule has 2 fully saturated rings. The van der Waals surface area contributed by atoms with E-state index in [1.165, 1.54) is 0 Å². The third-order valence-electron chi connectivity index (χ3n) is 3.93. The summed E-state index contributed by atoms with van der Waals surface area (Å²) < 4.78 is 0. The van der Waals surface area contributed by atoms with Crippen molar-refractivity contribution in [2.75, 3.05) is 19.6 Å². The Morgan fingerprint density at radius 1 is 1.24 bits per heavy atom. The molecule has 3 unspecified atom stereocenters. The van der Waals surface area contributed by atoms with Gasteiger partial charge in [-0.3, -0.25) is 19.8 Å². The summed E-state index contributed by atoms with van der Waals surface area (Å²) in [5.41, 5.74) is 0. The molecule has 0 aromatic rings. The van der Waals surface area contributed by atoms with Crippen LogP contribution in [0.4, 0.5) is 0 Å². The first-order valence-corrected chi connectivity index (χ1v) is 6.47. The first kappa shape index (κ1) is 12.5. The standard InChI is InChI=1S/C12H21N3O2/c1-3-8-5-13-6-10(8)15-7-11(16)14-12(17)9(15)4-2/h8-10,13H,3-7H2,1-2H3,(H,14,16,17). The first-order valence-electron chi connectivity index (χ1n) is 6.47. The van der Waals surface area contributed by atoms with Crippen LogP contribution in [0, 0.1) is 5.92 Å². The lowest BCUT2D eigenvalue weighted by atomic mass is 9.96. The van der Waals surface area contributed by atoms with Gasteiger partial charge in [0, 0.05) is 12.6 Å². The van der Waals surface area contributed by atoms with Gasteiger partial charge in [0.2, 0.25) is 11.8 Å². The summed E-state index contributed by atoms with van der Waals surface area (Å²) in [7, 11) is 0. The molecule has 2 amide bonds. The number of rotatable bonds is 3. The van der Waals surface area contributed by atoms with Gasteiger partial charge in [-0.15, -0.1) is 0 Å². The number of carbonyl (C=O) groups excluding carboxylic acids is 2. The van der Waals surface area contributed by atoms with Crippen LogP contribution < -0.4 is 10.6 Å². The van der Waals surface area contributed by atoms with E-state index in [1.807, 2.05) is 6.92 Å². The maximum absolute atomic E-state index is 11.8. The summed E-state index contributed by atoms with van der Waals surface area (Å²) in [6.45, 7) is 6.39. The second-order valence-corrected chi connectivity index (χ2v) is 4.90. The normalized spacial score (nSPS) is 35.1. The fraction of sp³-hybridized carbons (Fsp3) is 0.833. The van der Waals surface area contributed by atoms with Crippen molar-refractivity contribution in [3.05, 3.63) is 0 Å². The number of hydrogen-bond donors (Lipinski definition) is 2. The van der Waals surface area contributed by atoms with Gasteiger partial charge in [-0.05, 0) is 18.9 Å². The molecule has 2 heterocycles. The summed E-state index contributed by atoms with van der Waals surface area (Å²) >= 11 is 0.